The number of phenolic OH excluding ortho intramolecular Hbond substituents is 1. The summed E-state index contributed by atoms with van der Waals surface area (Å²) >= 11 is 0. The normalized spacial score (nSPS) is 12.4. The first-order valence-corrected chi connectivity index (χ1v) is 25.5. The van der Waals surface area contributed by atoms with Crippen molar-refractivity contribution in [1.82, 2.24) is 14.5 Å². The van der Waals surface area contributed by atoms with Gasteiger partial charge in [-0.15, -0.1) is 23.8 Å². The summed E-state index contributed by atoms with van der Waals surface area (Å²) in [5, 5.41) is 12.7. The first-order chi connectivity index (χ1) is 35.1. The Morgan fingerprint density at radius 1 is 0.500 bits per heavy atom. The molecule has 0 atom stereocenters. The standard InChI is InChI=1S/C69H66N3O.Pt/c1-44(2)50-31-34-62(58(40-50)49-29-32-55(33-30-49)67(3,4)5)72-63-24-18-23-57(64(63)71-66(72)59-42-56(68(6,7)8)43-60(65(59)73)69(9,10)11)53-37-52(46-21-16-13-17-22-46)38-54(39-53)61-41-51(35-36-70-61)48-27-25-47(26-28-48)45-19-14-12-15-20-45;/h12-38,40-44,73H,1-11H3;/q-1;/i44D;. The van der Waals surface area contributed by atoms with Gasteiger partial charge in [-0.05, 0) is 103 Å². The minimum Gasteiger partial charge on any atom is -0.507 e. The molecule has 0 fully saturated rings. The molecule has 2 aromatic heterocycles. The smallest absolute Gasteiger partial charge is 0.148 e. The van der Waals surface area contributed by atoms with Gasteiger partial charge in [-0.2, -0.15) is 0 Å². The molecule has 374 valence electrons. The predicted octanol–water partition coefficient (Wildman–Crippen LogP) is 18.6. The SMILES string of the molecule is [2H]C(C)(C)c1ccc(-n2c(-c3cc(C(C)(C)C)cc(C(C)(C)C)c3O)nc3c(-c4[c-]c(-c5cc(-c6ccc(-c7ccccc7)cc6)ccn5)cc(-c5ccccc5)c4)cccc32)c(-c2ccc(C(C)(C)C)cc2)c1.[Pt]. The van der Waals surface area contributed by atoms with E-state index in [1.54, 1.807) is 0 Å². The van der Waals surface area contributed by atoms with Crippen molar-refractivity contribution in [2.75, 3.05) is 0 Å². The fourth-order valence-corrected chi connectivity index (χ4v) is 9.87. The van der Waals surface area contributed by atoms with Crippen molar-refractivity contribution >= 4 is 11.0 Å². The summed E-state index contributed by atoms with van der Waals surface area (Å²) in [6.45, 7) is 23.7. The van der Waals surface area contributed by atoms with E-state index < -0.39 is 5.89 Å². The molecule has 0 aliphatic rings. The minimum absolute atomic E-state index is 0. The van der Waals surface area contributed by atoms with Gasteiger partial charge in [0, 0.05) is 45.5 Å². The molecule has 0 spiro atoms. The fourth-order valence-electron chi connectivity index (χ4n) is 9.87. The van der Waals surface area contributed by atoms with Gasteiger partial charge in [-0.1, -0.05) is 232 Å². The van der Waals surface area contributed by atoms with Crippen molar-refractivity contribution in [3.05, 3.63) is 217 Å². The molecule has 0 saturated carbocycles. The van der Waals surface area contributed by atoms with Gasteiger partial charge >= 0.3 is 0 Å². The van der Waals surface area contributed by atoms with Crippen LogP contribution in [0.1, 0.15) is 106 Å². The molecule has 2 heterocycles. The number of phenols is 1. The Kier molecular flexibility index (Phi) is 13.8. The summed E-state index contributed by atoms with van der Waals surface area (Å²) < 4.78 is 11.4. The molecule has 0 amide bonds. The van der Waals surface area contributed by atoms with Crippen LogP contribution in [0.25, 0.3) is 95.0 Å². The molecular formula is C69H66N3OPt-. The number of benzene rings is 8. The quantitative estimate of drug-likeness (QED) is 0.147. The summed E-state index contributed by atoms with van der Waals surface area (Å²) in [5.41, 5.74) is 18.7. The number of pyridine rings is 1. The average Bonchev–Trinajstić information content (AvgIpc) is 3.79. The molecule has 0 unspecified atom stereocenters. The van der Waals surface area contributed by atoms with E-state index >= 15 is 0 Å². The number of imidazole rings is 1. The largest absolute Gasteiger partial charge is 0.507 e. The maximum absolute atomic E-state index is 12.7. The number of aromatic nitrogens is 3. The number of hydrogen-bond acceptors (Lipinski definition) is 3. The second-order valence-electron chi connectivity index (χ2n) is 22.9. The van der Waals surface area contributed by atoms with Crippen molar-refractivity contribution in [2.45, 2.75) is 98.3 Å². The maximum Gasteiger partial charge on any atom is 0.148 e. The van der Waals surface area contributed by atoms with Crippen LogP contribution < -0.4 is 0 Å². The third-order valence-corrected chi connectivity index (χ3v) is 14.2. The van der Waals surface area contributed by atoms with Crippen LogP contribution in [0.4, 0.5) is 0 Å². The molecule has 0 aliphatic carbocycles. The Hall–Kier alpha value is -7.13. The van der Waals surface area contributed by atoms with Crippen LogP contribution in [0.15, 0.2) is 188 Å². The zero-order chi connectivity index (χ0) is 52.3. The second kappa shape index (κ2) is 20.3. The van der Waals surface area contributed by atoms with Gasteiger partial charge in [0.15, 0.2) is 0 Å². The fraction of sp³-hybridized carbons (Fsp3) is 0.217. The summed E-state index contributed by atoms with van der Waals surface area (Å²) in [7, 11) is 0. The zero-order valence-corrected chi connectivity index (χ0v) is 46.8. The third kappa shape index (κ3) is 10.4. The molecule has 4 nitrogen and oxygen atoms in total. The first kappa shape index (κ1) is 50.4. The topological polar surface area (TPSA) is 50.9 Å². The van der Waals surface area contributed by atoms with Crippen LogP contribution in [0.2, 0.25) is 0 Å². The molecule has 74 heavy (non-hydrogen) atoms. The van der Waals surface area contributed by atoms with Crippen LogP contribution in [0.3, 0.4) is 0 Å². The Morgan fingerprint density at radius 2 is 1.08 bits per heavy atom. The summed E-state index contributed by atoms with van der Waals surface area (Å²) in [6, 6.07) is 68.0. The van der Waals surface area contributed by atoms with Gasteiger partial charge in [-0.3, -0.25) is 9.55 Å². The summed E-state index contributed by atoms with van der Waals surface area (Å²) in [5.74, 6) is -0.0196. The molecule has 0 aliphatic heterocycles. The van der Waals surface area contributed by atoms with Gasteiger partial charge in [-0.25, -0.2) is 4.98 Å². The molecule has 10 rings (SSSR count). The van der Waals surface area contributed by atoms with Crippen LogP contribution in [0.5, 0.6) is 5.75 Å². The van der Waals surface area contributed by atoms with Crippen LogP contribution in [-0.2, 0) is 37.3 Å². The Morgan fingerprint density at radius 3 is 1.69 bits per heavy atom. The molecule has 0 saturated heterocycles. The van der Waals surface area contributed by atoms with Gasteiger partial charge in [0.1, 0.15) is 11.6 Å². The molecule has 0 radical (unpaired) electrons. The number of nitrogens with zero attached hydrogens (tertiary/aromatic N) is 3. The van der Waals surface area contributed by atoms with E-state index in [4.69, 9.17) is 9.97 Å². The first-order valence-electron chi connectivity index (χ1n) is 26.0. The van der Waals surface area contributed by atoms with Crippen molar-refractivity contribution < 1.29 is 27.5 Å². The van der Waals surface area contributed by atoms with Crippen molar-refractivity contribution in [1.29, 1.82) is 0 Å². The van der Waals surface area contributed by atoms with E-state index in [2.05, 4.69) is 243 Å². The number of fused-ring (bicyclic) bond motifs is 1. The van der Waals surface area contributed by atoms with Gasteiger partial charge in [0.05, 0.1) is 22.3 Å². The molecule has 0 bridgehead atoms. The zero-order valence-electron chi connectivity index (χ0n) is 45.5. The van der Waals surface area contributed by atoms with Crippen LogP contribution in [-0.4, -0.2) is 19.6 Å². The number of para-hydroxylation sites is 1. The minimum atomic E-state index is -0.856. The van der Waals surface area contributed by atoms with E-state index in [-0.39, 0.29) is 43.1 Å². The Balaban J connectivity index is 0.00000689. The van der Waals surface area contributed by atoms with Gasteiger partial charge in [0.25, 0.3) is 0 Å². The number of hydrogen-bond donors (Lipinski definition) is 1. The number of rotatable bonds is 9. The molecule has 8 aromatic carbocycles. The monoisotopic (exact) mass is 1150 g/mol. The molecular weight excluding hydrogens is 1080 g/mol. The van der Waals surface area contributed by atoms with Crippen molar-refractivity contribution in [3.63, 3.8) is 0 Å². The Bertz CT molecular complexity index is 3680. The molecule has 1 N–H and O–H groups in total. The number of aromatic hydroxyl groups is 1. The van der Waals surface area contributed by atoms with Gasteiger partial charge in [0.2, 0.25) is 0 Å². The predicted molar refractivity (Wildman–Crippen MR) is 308 cm³/mol. The third-order valence-electron chi connectivity index (χ3n) is 14.2. The van der Waals surface area contributed by atoms with Gasteiger partial charge < -0.3 is 5.11 Å². The average molecular weight is 1150 g/mol. The van der Waals surface area contributed by atoms with E-state index in [0.29, 0.717) is 11.4 Å². The van der Waals surface area contributed by atoms with Crippen LogP contribution >= 0.6 is 0 Å². The Labute approximate surface area is 454 Å². The van der Waals surface area contributed by atoms with Crippen molar-refractivity contribution in [2.24, 2.45) is 0 Å². The van der Waals surface area contributed by atoms with Crippen molar-refractivity contribution in [3.8, 4) is 89.7 Å². The molecule has 5 heteroatoms. The van der Waals surface area contributed by atoms with E-state index in [1.165, 1.54) is 16.7 Å². The van der Waals surface area contributed by atoms with E-state index in [9.17, 15) is 6.48 Å². The summed E-state index contributed by atoms with van der Waals surface area (Å²) in [4.78, 5) is 10.7. The summed E-state index contributed by atoms with van der Waals surface area (Å²) in [6.07, 6.45) is 1.89. The van der Waals surface area contributed by atoms with E-state index in [0.717, 1.165) is 89.2 Å². The second-order valence-corrected chi connectivity index (χ2v) is 22.9. The van der Waals surface area contributed by atoms with Crippen LogP contribution in [0, 0.1) is 6.07 Å². The maximum atomic E-state index is 12.7. The molecule has 10 aromatic rings. The van der Waals surface area contributed by atoms with E-state index in [1.807, 2.05) is 32.2 Å².